The lowest BCUT2D eigenvalue weighted by Crippen LogP contribution is -2.38. The third-order valence-corrected chi connectivity index (χ3v) is 6.04. The molecule has 8 heteroatoms. The summed E-state index contributed by atoms with van der Waals surface area (Å²) < 4.78 is 25.2. The van der Waals surface area contributed by atoms with Crippen LogP contribution in [0, 0.1) is 0 Å². The van der Waals surface area contributed by atoms with E-state index in [2.05, 4.69) is 5.32 Å². The fourth-order valence-electron chi connectivity index (χ4n) is 2.25. The molecular weight excluding hydrogens is 376 g/mol. The van der Waals surface area contributed by atoms with Crippen molar-refractivity contribution in [2.45, 2.75) is 17.4 Å². The Morgan fingerprint density at radius 2 is 1.65 bits per heavy atom. The first-order valence-corrected chi connectivity index (χ1v) is 9.65. The highest BCUT2D eigenvalue weighted by atomic mass is 35.5. The van der Waals surface area contributed by atoms with Crippen molar-refractivity contribution in [3.05, 3.63) is 64.7 Å². The van der Waals surface area contributed by atoms with Gasteiger partial charge in [-0.15, -0.1) is 0 Å². The minimum absolute atomic E-state index is 0.00872. The molecule has 1 amide bonds. The van der Waals surface area contributed by atoms with Gasteiger partial charge in [0, 0.05) is 24.7 Å². The number of aliphatic hydroxyl groups is 1. The first-order chi connectivity index (χ1) is 12.0. The van der Waals surface area contributed by atoms with Gasteiger partial charge < -0.3 is 10.4 Å². The molecule has 26 heavy (non-hydrogen) atoms. The second-order valence-corrected chi connectivity index (χ2v) is 8.86. The number of nitrogens with one attached hydrogen (secondary N) is 1. The topological polar surface area (TPSA) is 86.7 Å². The van der Waals surface area contributed by atoms with Gasteiger partial charge in [0.2, 0.25) is 10.0 Å². The van der Waals surface area contributed by atoms with E-state index in [-0.39, 0.29) is 11.4 Å². The number of carbonyl (C=O) groups is 1. The third-order valence-electron chi connectivity index (χ3n) is 3.95. The average molecular weight is 397 g/mol. The summed E-state index contributed by atoms with van der Waals surface area (Å²) in [5.74, 6) is -0.409. The lowest BCUT2D eigenvalue weighted by molar-refractivity contribution is 0.0526. The molecule has 0 fully saturated rings. The number of rotatable bonds is 6. The normalized spacial score (nSPS) is 14.1. The van der Waals surface area contributed by atoms with Gasteiger partial charge in [-0.25, -0.2) is 12.7 Å². The maximum absolute atomic E-state index is 12.3. The van der Waals surface area contributed by atoms with E-state index in [1.165, 1.54) is 38.4 Å². The van der Waals surface area contributed by atoms with Gasteiger partial charge in [-0.3, -0.25) is 4.79 Å². The minimum atomic E-state index is -3.54. The molecule has 0 bridgehead atoms. The molecule has 1 atom stereocenters. The SMILES string of the molecule is CN(C)S(=O)(=O)c1ccc(C(=O)NCC(C)(O)c2ccc(Cl)cc2)cc1. The van der Waals surface area contributed by atoms with Crippen LogP contribution in [-0.2, 0) is 15.6 Å². The van der Waals surface area contributed by atoms with Crippen LogP contribution in [0.3, 0.4) is 0 Å². The molecule has 0 heterocycles. The molecule has 6 nitrogen and oxygen atoms in total. The molecule has 2 aromatic carbocycles. The highest BCUT2D eigenvalue weighted by Crippen LogP contribution is 2.22. The Bertz CT molecular complexity index is 876. The van der Waals surface area contributed by atoms with Crippen molar-refractivity contribution in [2.75, 3.05) is 20.6 Å². The molecule has 0 aliphatic carbocycles. The molecule has 0 aromatic heterocycles. The molecule has 0 saturated carbocycles. The van der Waals surface area contributed by atoms with E-state index in [9.17, 15) is 18.3 Å². The first kappa shape index (κ1) is 20.4. The van der Waals surface area contributed by atoms with Crippen molar-refractivity contribution < 1.29 is 18.3 Å². The summed E-state index contributed by atoms with van der Waals surface area (Å²) in [5, 5.41) is 13.8. The van der Waals surface area contributed by atoms with Crippen LogP contribution < -0.4 is 5.32 Å². The molecule has 2 aromatic rings. The van der Waals surface area contributed by atoms with E-state index in [0.29, 0.717) is 16.1 Å². The van der Waals surface area contributed by atoms with Crippen molar-refractivity contribution in [3.8, 4) is 0 Å². The summed E-state index contributed by atoms with van der Waals surface area (Å²) in [7, 11) is -0.665. The Kier molecular flexibility index (Phi) is 6.08. The van der Waals surface area contributed by atoms with Gasteiger partial charge >= 0.3 is 0 Å². The van der Waals surface area contributed by atoms with Gasteiger partial charge in [0.15, 0.2) is 0 Å². The lowest BCUT2D eigenvalue weighted by Gasteiger charge is -2.24. The summed E-state index contributed by atoms with van der Waals surface area (Å²) in [4.78, 5) is 12.4. The van der Waals surface area contributed by atoms with Crippen LogP contribution in [0.5, 0.6) is 0 Å². The predicted octanol–water partition coefficient (Wildman–Crippen LogP) is 2.23. The third kappa shape index (κ3) is 4.62. The number of benzene rings is 2. The van der Waals surface area contributed by atoms with Gasteiger partial charge in [-0.05, 0) is 48.9 Å². The number of nitrogens with zero attached hydrogens (tertiary/aromatic N) is 1. The van der Waals surface area contributed by atoms with Crippen LogP contribution in [0.15, 0.2) is 53.4 Å². The fraction of sp³-hybridized carbons (Fsp3) is 0.278. The van der Waals surface area contributed by atoms with Crippen molar-refractivity contribution in [1.82, 2.24) is 9.62 Å². The molecule has 1 unspecified atom stereocenters. The van der Waals surface area contributed by atoms with Gasteiger partial charge in [0.1, 0.15) is 5.60 Å². The van der Waals surface area contributed by atoms with Crippen LogP contribution in [-0.4, -0.2) is 44.4 Å². The van der Waals surface area contributed by atoms with Crippen molar-refractivity contribution >= 4 is 27.5 Å². The number of halogens is 1. The second kappa shape index (κ2) is 7.75. The number of carbonyl (C=O) groups excluding carboxylic acids is 1. The molecule has 0 saturated heterocycles. The standard InChI is InChI=1S/C18H21ClN2O4S/c1-18(23,14-6-8-15(19)9-7-14)12-20-17(22)13-4-10-16(11-5-13)26(24,25)21(2)3/h4-11,23H,12H2,1-3H3,(H,20,22). The Morgan fingerprint density at radius 3 is 2.15 bits per heavy atom. The zero-order valence-electron chi connectivity index (χ0n) is 14.7. The van der Waals surface area contributed by atoms with E-state index in [1.807, 2.05) is 0 Å². The summed E-state index contributed by atoms with van der Waals surface area (Å²) in [6.45, 7) is 1.58. The van der Waals surface area contributed by atoms with Crippen LogP contribution in [0.1, 0.15) is 22.8 Å². The predicted molar refractivity (Wildman–Crippen MR) is 101 cm³/mol. The zero-order valence-corrected chi connectivity index (χ0v) is 16.3. The van der Waals surface area contributed by atoms with E-state index >= 15 is 0 Å². The fourth-order valence-corrected chi connectivity index (χ4v) is 3.28. The molecule has 0 radical (unpaired) electrons. The molecule has 2 rings (SSSR count). The molecular formula is C18H21ClN2O4S. The van der Waals surface area contributed by atoms with Crippen molar-refractivity contribution in [3.63, 3.8) is 0 Å². The van der Waals surface area contributed by atoms with Crippen molar-refractivity contribution in [1.29, 1.82) is 0 Å². The van der Waals surface area contributed by atoms with Crippen molar-refractivity contribution in [2.24, 2.45) is 0 Å². The highest BCUT2D eigenvalue weighted by Gasteiger charge is 2.24. The summed E-state index contributed by atoms with van der Waals surface area (Å²) in [6.07, 6.45) is 0. The Labute approximate surface area is 158 Å². The quantitative estimate of drug-likeness (QED) is 0.783. The second-order valence-electron chi connectivity index (χ2n) is 6.28. The first-order valence-electron chi connectivity index (χ1n) is 7.83. The van der Waals surface area contributed by atoms with Crippen LogP contribution >= 0.6 is 11.6 Å². The average Bonchev–Trinajstić information content (AvgIpc) is 2.60. The Hall–Kier alpha value is -1.93. The number of sulfonamides is 1. The van der Waals surface area contributed by atoms with Crippen LogP contribution in [0.4, 0.5) is 0 Å². The number of hydrogen-bond acceptors (Lipinski definition) is 4. The van der Waals surface area contributed by atoms with E-state index in [4.69, 9.17) is 11.6 Å². The Morgan fingerprint density at radius 1 is 1.12 bits per heavy atom. The summed E-state index contributed by atoms with van der Waals surface area (Å²) >= 11 is 5.84. The number of amides is 1. The van der Waals surface area contributed by atoms with Gasteiger partial charge in [-0.1, -0.05) is 23.7 Å². The van der Waals surface area contributed by atoms with E-state index < -0.39 is 21.5 Å². The smallest absolute Gasteiger partial charge is 0.251 e. The molecule has 2 N–H and O–H groups in total. The van der Waals surface area contributed by atoms with Gasteiger partial charge in [-0.2, -0.15) is 0 Å². The van der Waals surface area contributed by atoms with E-state index in [1.54, 1.807) is 31.2 Å². The summed E-state index contributed by atoms with van der Waals surface area (Å²) in [5.41, 5.74) is -0.349. The maximum atomic E-state index is 12.3. The molecule has 0 aliphatic rings. The molecule has 0 spiro atoms. The van der Waals surface area contributed by atoms with Gasteiger partial charge in [0.25, 0.3) is 5.91 Å². The summed E-state index contributed by atoms with van der Waals surface area (Å²) in [6, 6.07) is 12.3. The van der Waals surface area contributed by atoms with Crippen LogP contribution in [0.2, 0.25) is 5.02 Å². The van der Waals surface area contributed by atoms with Gasteiger partial charge in [0.05, 0.1) is 11.4 Å². The highest BCUT2D eigenvalue weighted by molar-refractivity contribution is 7.89. The zero-order chi connectivity index (χ0) is 19.5. The monoisotopic (exact) mass is 396 g/mol. The van der Waals surface area contributed by atoms with E-state index in [0.717, 1.165) is 4.31 Å². The van der Waals surface area contributed by atoms with Crippen LogP contribution in [0.25, 0.3) is 0 Å². The minimum Gasteiger partial charge on any atom is -0.384 e. The molecule has 140 valence electrons. The number of hydrogen-bond donors (Lipinski definition) is 2. The maximum Gasteiger partial charge on any atom is 0.251 e. The largest absolute Gasteiger partial charge is 0.384 e. The molecule has 0 aliphatic heterocycles. The Balaban J connectivity index is 2.07. The lowest BCUT2D eigenvalue weighted by atomic mass is 9.96.